The third kappa shape index (κ3) is 3.52. The molecule has 4 aromatic rings. The van der Waals surface area contributed by atoms with Crippen LogP contribution in [0.15, 0.2) is 95.7 Å². The van der Waals surface area contributed by atoms with Gasteiger partial charge in [0.15, 0.2) is 0 Å². The summed E-state index contributed by atoms with van der Waals surface area (Å²) in [6.45, 7) is 0. The smallest absolute Gasteiger partial charge is 0.0716 e. The van der Waals surface area contributed by atoms with Crippen LogP contribution < -0.4 is 0 Å². The highest BCUT2D eigenvalue weighted by Gasteiger charge is 2.09. The molecule has 2 aromatic carbocycles. The van der Waals surface area contributed by atoms with Gasteiger partial charge in [-0.3, -0.25) is 4.98 Å². The average molecular weight is 387 g/mol. The maximum atomic E-state index is 4.90. The van der Waals surface area contributed by atoms with Crippen molar-refractivity contribution in [1.82, 2.24) is 9.97 Å². The fourth-order valence-corrected chi connectivity index (χ4v) is 3.19. The van der Waals surface area contributed by atoms with Gasteiger partial charge in [0.25, 0.3) is 0 Å². The largest absolute Gasteiger partial charge is 0.265 e. The number of pyridine rings is 2. The van der Waals surface area contributed by atoms with E-state index in [4.69, 9.17) is 4.98 Å². The Morgan fingerprint density at radius 2 is 1.24 bits per heavy atom. The zero-order valence-electron chi connectivity index (χ0n) is 13.4. The van der Waals surface area contributed by atoms with Crippen LogP contribution in [0.1, 0.15) is 0 Å². The van der Waals surface area contributed by atoms with Crippen molar-refractivity contribution < 1.29 is 0 Å². The van der Waals surface area contributed by atoms with Gasteiger partial charge in [0, 0.05) is 28.0 Å². The molecular formula is C22H15BrN2. The molecule has 0 aliphatic heterocycles. The SMILES string of the molecule is Brc1cccc(-c2cc(-c3ccncc3)cc(-c3ccccc3)n2)c1. The molecule has 2 aromatic heterocycles. The first kappa shape index (κ1) is 15.7. The van der Waals surface area contributed by atoms with E-state index in [0.29, 0.717) is 0 Å². The molecule has 0 saturated carbocycles. The normalized spacial score (nSPS) is 10.6. The maximum Gasteiger partial charge on any atom is 0.0716 e. The minimum Gasteiger partial charge on any atom is -0.265 e. The number of aromatic nitrogens is 2. The van der Waals surface area contributed by atoms with Crippen molar-refractivity contribution in [3.05, 3.63) is 95.7 Å². The minimum atomic E-state index is 0.953. The molecular weight excluding hydrogens is 372 g/mol. The highest BCUT2D eigenvalue weighted by atomic mass is 79.9. The highest BCUT2D eigenvalue weighted by Crippen LogP contribution is 2.30. The van der Waals surface area contributed by atoms with Gasteiger partial charge in [-0.1, -0.05) is 58.4 Å². The molecule has 0 aliphatic carbocycles. The Hall–Kier alpha value is -2.78. The summed E-state index contributed by atoms with van der Waals surface area (Å²) in [5.41, 5.74) is 6.37. The van der Waals surface area contributed by atoms with Gasteiger partial charge >= 0.3 is 0 Å². The lowest BCUT2D eigenvalue weighted by Crippen LogP contribution is -1.91. The van der Waals surface area contributed by atoms with Crippen LogP contribution in [0.3, 0.4) is 0 Å². The maximum absolute atomic E-state index is 4.90. The van der Waals surface area contributed by atoms with Crippen molar-refractivity contribution in [2.75, 3.05) is 0 Å². The van der Waals surface area contributed by atoms with Gasteiger partial charge in [0.1, 0.15) is 0 Å². The molecule has 120 valence electrons. The van der Waals surface area contributed by atoms with E-state index in [1.54, 1.807) is 0 Å². The number of rotatable bonds is 3. The van der Waals surface area contributed by atoms with Gasteiger partial charge < -0.3 is 0 Å². The van der Waals surface area contributed by atoms with Crippen LogP contribution >= 0.6 is 15.9 Å². The van der Waals surface area contributed by atoms with E-state index >= 15 is 0 Å². The number of benzene rings is 2. The molecule has 0 saturated heterocycles. The quantitative estimate of drug-likeness (QED) is 0.416. The highest BCUT2D eigenvalue weighted by molar-refractivity contribution is 9.10. The van der Waals surface area contributed by atoms with Crippen LogP contribution in [0.4, 0.5) is 0 Å². The van der Waals surface area contributed by atoms with Crippen molar-refractivity contribution in [2.45, 2.75) is 0 Å². The second-order valence-electron chi connectivity index (χ2n) is 5.74. The summed E-state index contributed by atoms with van der Waals surface area (Å²) in [6.07, 6.45) is 3.63. The minimum absolute atomic E-state index is 0.953. The molecule has 0 radical (unpaired) electrons. The first-order valence-corrected chi connectivity index (χ1v) is 8.83. The predicted octanol–water partition coefficient (Wildman–Crippen LogP) is 6.24. The van der Waals surface area contributed by atoms with Crippen LogP contribution in [0.2, 0.25) is 0 Å². The van der Waals surface area contributed by atoms with Crippen LogP contribution in [-0.2, 0) is 0 Å². The van der Waals surface area contributed by atoms with Gasteiger partial charge in [-0.2, -0.15) is 0 Å². The van der Waals surface area contributed by atoms with Gasteiger partial charge in [0.05, 0.1) is 11.4 Å². The second kappa shape index (κ2) is 6.99. The van der Waals surface area contributed by atoms with Crippen LogP contribution in [0, 0.1) is 0 Å². The lowest BCUT2D eigenvalue weighted by Gasteiger charge is -2.10. The zero-order chi connectivity index (χ0) is 17.1. The van der Waals surface area contributed by atoms with E-state index in [0.717, 1.165) is 38.1 Å². The number of nitrogens with zero attached hydrogens (tertiary/aromatic N) is 2. The molecule has 2 heterocycles. The van der Waals surface area contributed by atoms with Crippen LogP contribution in [0.25, 0.3) is 33.6 Å². The van der Waals surface area contributed by atoms with Crippen molar-refractivity contribution in [3.8, 4) is 33.6 Å². The molecule has 0 N–H and O–H groups in total. The molecule has 0 fully saturated rings. The summed E-state index contributed by atoms with van der Waals surface area (Å²) in [5, 5.41) is 0. The Labute approximate surface area is 155 Å². The summed E-state index contributed by atoms with van der Waals surface area (Å²) < 4.78 is 1.04. The molecule has 3 heteroatoms. The summed E-state index contributed by atoms with van der Waals surface area (Å²) >= 11 is 3.55. The van der Waals surface area contributed by atoms with Crippen LogP contribution in [0.5, 0.6) is 0 Å². The second-order valence-corrected chi connectivity index (χ2v) is 6.65. The molecule has 0 atom stereocenters. The Morgan fingerprint density at radius 3 is 1.96 bits per heavy atom. The van der Waals surface area contributed by atoms with Crippen molar-refractivity contribution in [2.24, 2.45) is 0 Å². The number of hydrogen-bond acceptors (Lipinski definition) is 2. The first-order chi connectivity index (χ1) is 12.3. The third-order valence-corrected chi connectivity index (χ3v) is 4.52. The summed E-state index contributed by atoms with van der Waals surface area (Å²) in [4.78, 5) is 9.03. The lowest BCUT2D eigenvalue weighted by molar-refractivity contribution is 1.30. The van der Waals surface area contributed by atoms with Gasteiger partial charge in [0.2, 0.25) is 0 Å². The van der Waals surface area contributed by atoms with E-state index in [-0.39, 0.29) is 0 Å². The Balaban J connectivity index is 1.92. The molecule has 2 nitrogen and oxygen atoms in total. The van der Waals surface area contributed by atoms with Crippen LogP contribution in [-0.4, -0.2) is 9.97 Å². The zero-order valence-corrected chi connectivity index (χ0v) is 15.0. The predicted molar refractivity (Wildman–Crippen MR) is 106 cm³/mol. The average Bonchev–Trinajstić information content (AvgIpc) is 2.69. The first-order valence-electron chi connectivity index (χ1n) is 8.03. The number of hydrogen-bond donors (Lipinski definition) is 0. The Morgan fingerprint density at radius 1 is 0.560 bits per heavy atom. The molecule has 0 bridgehead atoms. The van der Waals surface area contributed by atoms with Gasteiger partial charge in [-0.25, -0.2) is 4.98 Å². The van der Waals surface area contributed by atoms with E-state index in [1.807, 2.05) is 54.9 Å². The molecule has 4 rings (SSSR count). The van der Waals surface area contributed by atoms with E-state index in [9.17, 15) is 0 Å². The molecule has 25 heavy (non-hydrogen) atoms. The topological polar surface area (TPSA) is 25.8 Å². The van der Waals surface area contributed by atoms with Gasteiger partial charge in [-0.05, 0) is 47.5 Å². The lowest BCUT2D eigenvalue weighted by atomic mass is 10.0. The Bertz CT molecular complexity index is 941. The Kier molecular flexibility index (Phi) is 4.40. The van der Waals surface area contributed by atoms with Crippen molar-refractivity contribution in [1.29, 1.82) is 0 Å². The molecule has 0 unspecified atom stereocenters. The molecule has 0 aliphatic rings. The van der Waals surface area contributed by atoms with Crippen molar-refractivity contribution >= 4 is 15.9 Å². The van der Waals surface area contributed by atoms with E-state index < -0.39 is 0 Å². The standard InChI is InChI=1S/C22H15BrN2/c23-20-8-4-7-18(13-20)22-15-19(16-9-11-24-12-10-16)14-21(25-22)17-5-2-1-3-6-17/h1-15H. The van der Waals surface area contributed by atoms with E-state index in [2.05, 4.69) is 57.3 Å². The summed E-state index contributed by atoms with van der Waals surface area (Å²) in [6, 6.07) is 26.8. The summed E-state index contributed by atoms with van der Waals surface area (Å²) in [5.74, 6) is 0. The third-order valence-electron chi connectivity index (χ3n) is 4.03. The monoisotopic (exact) mass is 386 g/mol. The fourth-order valence-electron chi connectivity index (χ4n) is 2.79. The molecule has 0 amide bonds. The summed E-state index contributed by atoms with van der Waals surface area (Å²) in [7, 11) is 0. The van der Waals surface area contributed by atoms with E-state index in [1.165, 1.54) is 0 Å². The number of halogens is 1. The van der Waals surface area contributed by atoms with Gasteiger partial charge in [-0.15, -0.1) is 0 Å². The van der Waals surface area contributed by atoms with Crippen molar-refractivity contribution in [3.63, 3.8) is 0 Å². The molecule has 0 spiro atoms. The fraction of sp³-hybridized carbons (Fsp3) is 0.